The number of halogens is 1. The smallest absolute Gasteiger partial charge is 0.0816 e. The molecule has 1 aliphatic heterocycles. The van der Waals surface area contributed by atoms with Crippen LogP contribution in [0.15, 0.2) is 53.5 Å². The van der Waals surface area contributed by atoms with Crippen LogP contribution in [0.5, 0.6) is 0 Å². The molecule has 4 heteroatoms. The minimum Gasteiger partial charge on any atom is -0.378 e. The summed E-state index contributed by atoms with van der Waals surface area (Å²) >= 11 is 6.08. The van der Waals surface area contributed by atoms with E-state index < -0.39 is 0 Å². The molecule has 1 heterocycles. The van der Waals surface area contributed by atoms with Gasteiger partial charge in [-0.3, -0.25) is 4.99 Å². The van der Waals surface area contributed by atoms with Crippen molar-refractivity contribution in [1.82, 2.24) is 0 Å². The highest BCUT2D eigenvalue weighted by Crippen LogP contribution is 2.23. The molecule has 21 heavy (non-hydrogen) atoms. The molecular weight excluding hydrogens is 284 g/mol. The van der Waals surface area contributed by atoms with Crippen LogP contribution in [0.1, 0.15) is 5.56 Å². The Bertz CT molecular complexity index is 619. The molecule has 0 unspecified atom stereocenters. The maximum absolute atomic E-state index is 6.08. The molecule has 108 valence electrons. The van der Waals surface area contributed by atoms with Gasteiger partial charge in [0, 0.05) is 25.0 Å². The summed E-state index contributed by atoms with van der Waals surface area (Å²) in [6, 6.07) is 16.0. The molecule has 3 nitrogen and oxygen atoms in total. The molecule has 0 atom stereocenters. The number of para-hydroxylation sites is 1. The van der Waals surface area contributed by atoms with E-state index in [2.05, 4.69) is 34.2 Å². The molecule has 0 radical (unpaired) electrons. The summed E-state index contributed by atoms with van der Waals surface area (Å²) in [4.78, 5) is 6.76. The highest BCUT2D eigenvalue weighted by Gasteiger charge is 2.10. The number of morpholine rings is 1. The molecular formula is C17H17ClN2O. The summed E-state index contributed by atoms with van der Waals surface area (Å²) in [6.45, 7) is 3.51. The van der Waals surface area contributed by atoms with Crippen LogP contribution in [0, 0.1) is 0 Å². The fraction of sp³-hybridized carbons (Fsp3) is 0.235. The van der Waals surface area contributed by atoms with Crippen molar-refractivity contribution in [2.45, 2.75) is 0 Å². The number of ether oxygens (including phenoxy) is 1. The second kappa shape index (κ2) is 6.74. The highest BCUT2D eigenvalue weighted by molar-refractivity contribution is 6.33. The molecule has 1 fully saturated rings. The molecule has 1 aliphatic rings. The van der Waals surface area contributed by atoms with Crippen LogP contribution in [-0.4, -0.2) is 32.5 Å². The molecule has 0 aromatic heterocycles. The summed E-state index contributed by atoms with van der Waals surface area (Å²) in [6.07, 6.45) is 1.84. The van der Waals surface area contributed by atoms with E-state index in [1.165, 1.54) is 5.69 Å². The van der Waals surface area contributed by atoms with E-state index in [1.54, 1.807) is 0 Å². The maximum Gasteiger partial charge on any atom is 0.0816 e. The fourth-order valence-electron chi connectivity index (χ4n) is 2.29. The number of rotatable bonds is 3. The lowest BCUT2D eigenvalue weighted by atomic mass is 10.2. The predicted molar refractivity (Wildman–Crippen MR) is 88.2 cm³/mol. The Hall–Kier alpha value is -1.84. The Balaban J connectivity index is 1.71. The summed E-state index contributed by atoms with van der Waals surface area (Å²) in [7, 11) is 0. The van der Waals surface area contributed by atoms with Gasteiger partial charge >= 0.3 is 0 Å². The van der Waals surface area contributed by atoms with Gasteiger partial charge in [-0.2, -0.15) is 0 Å². The zero-order valence-corrected chi connectivity index (χ0v) is 12.5. The van der Waals surface area contributed by atoms with Gasteiger partial charge in [-0.05, 0) is 29.8 Å². The Morgan fingerprint density at radius 2 is 1.71 bits per heavy atom. The van der Waals surface area contributed by atoms with Gasteiger partial charge in [0.1, 0.15) is 0 Å². The lowest BCUT2D eigenvalue weighted by Crippen LogP contribution is -2.36. The molecule has 0 spiro atoms. The van der Waals surface area contributed by atoms with E-state index >= 15 is 0 Å². The second-order valence-electron chi connectivity index (χ2n) is 4.90. The Labute approximate surface area is 129 Å². The highest BCUT2D eigenvalue weighted by atomic mass is 35.5. The quantitative estimate of drug-likeness (QED) is 0.802. The lowest BCUT2D eigenvalue weighted by Gasteiger charge is -2.28. The van der Waals surface area contributed by atoms with Crippen molar-refractivity contribution in [3.8, 4) is 0 Å². The number of aliphatic imine (C=N–C) groups is 1. The van der Waals surface area contributed by atoms with Crippen LogP contribution in [0.2, 0.25) is 5.02 Å². The van der Waals surface area contributed by atoms with Crippen molar-refractivity contribution < 1.29 is 4.74 Å². The van der Waals surface area contributed by atoms with Gasteiger partial charge in [-0.25, -0.2) is 0 Å². The van der Waals surface area contributed by atoms with E-state index in [9.17, 15) is 0 Å². The Morgan fingerprint density at radius 3 is 2.43 bits per heavy atom. The van der Waals surface area contributed by atoms with Crippen molar-refractivity contribution in [3.63, 3.8) is 0 Å². The first kappa shape index (κ1) is 14.1. The third kappa shape index (κ3) is 3.63. The third-order valence-corrected chi connectivity index (χ3v) is 3.79. The molecule has 2 aromatic rings. The first-order valence-electron chi connectivity index (χ1n) is 7.04. The molecule has 0 amide bonds. The first-order valence-corrected chi connectivity index (χ1v) is 7.42. The molecule has 2 aromatic carbocycles. The van der Waals surface area contributed by atoms with E-state index in [0.717, 1.165) is 37.6 Å². The van der Waals surface area contributed by atoms with Crippen molar-refractivity contribution >= 4 is 29.2 Å². The third-order valence-electron chi connectivity index (χ3n) is 3.47. The number of hydrogen-bond acceptors (Lipinski definition) is 3. The monoisotopic (exact) mass is 300 g/mol. The van der Waals surface area contributed by atoms with Crippen LogP contribution in [-0.2, 0) is 4.74 Å². The van der Waals surface area contributed by atoms with Crippen LogP contribution >= 0.6 is 11.6 Å². The average molecular weight is 301 g/mol. The molecule has 1 saturated heterocycles. The zero-order chi connectivity index (χ0) is 14.5. The van der Waals surface area contributed by atoms with Gasteiger partial charge < -0.3 is 9.64 Å². The topological polar surface area (TPSA) is 24.8 Å². The lowest BCUT2D eigenvalue weighted by molar-refractivity contribution is 0.122. The van der Waals surface area contributed by atoms with E-state index in [4.69, 9.17) is 16.3 Å². The number of nitrogens with zero attached hydrogens (tertiary/aromatic N) is 2. The van der Waals surface area contributed by atoms with Gasteiger partial charge in [0.05, 0.1) is 23.9 Å². The van der Waals surface area contributed by atoms with Crippen LogP contribution in [0.4, 0.5) is 11.4 Å². The molecule has 0 bridgehead atoms. The van der Waals surface area contributed by atoms with E-state index in [0.29, 0.717) is 5.02 Å². The number of benzene rings is 2. The van der Waals surface area contributed by atoms with Crippen molar-refractivity contribution in [3.05, 3.63) is 59.1 Å². The molecule has 3 rings (SSSR count). The summed E-state index contributed by atoms with van der Waals surface area (Å²) < 4.78 is 5.37. The van der Waals surface area contributed by atoms with Crippen molar-refractivity contribution in [1.29, 1.82) is 0 Å². The Morgan fingerprint density at radius 1 is 1.00 bits per heavy atom. The SMILES string of the molecule is Clc1ccccc1N=Cc1ccc(N2CCOCC2)cc1. The molecule has 0 N–H and O–H groups in total. The Kier molecular flexibility index (Phi) is 4.53. The first-order chi connectivity index (χ1) is 10.3. The normalized spacial score (nSPS) is 15.6. The van der Waals surface area contributed by atoms with Crippen molar-refractivity contribution in [2.75, 3.05) is 31.2 Å². The summed E-state index contributed by atoms with van der Waals surface area (Å²) in [5.41, 5.74) is 3.08. The molecule has 0 aliphatic carbocycles. The molecule has 0 saturated carbocycles. The van der Waals surface area contributed by atoms with Crippen molar-refractivity contribution in [2.24, 2.45) is 4.99 Å². The fourth-order valence-corrected chi connectivity index (χ4v) is 2.48. The van der Waals surface area contributed by atoms with Gasteiger partial charge in [0.25, 0.3) is 0 Å². The maximum atomic E-state index is 6.08. The van der Waals surface area contributed by atoms with E-state index in [1.807, 2.05) is 30.5 Å². The minimum atomic E-state index is 0.665. The van der Waals surface area contributed by atoms with Crippen LogP contribution in [0.3, 0.4) is 0 Å². The van der Waals surface area contributed by atoms with Crippen LogP contribution < -0.4 is 4.90 Å². The standard InChI is InChI=1S/C17H17ClN2O/c18-16-3-1-2-4-17(16)19-13-14-5-7-15(8-6-14)20-9-11-21-12-10-20/h1-8,13H,9-12H2. The number of anilines is 1. The summed E-state index contributed by atoms with van der Waals surface area (Å²) in [5.74, 6) is 0. The summed E-state index contributed by atoms with van der Waals surface area (Å²) in [5, 5.41) is 0.665. The number of hydrogen-bond donors (Lipinski definition) is 0. The van der Waals surface area contributed by atoms with E-state index in [-0.39, 0.29) is 0 Å². The zero-order valence-electron chi connectivity index (χ0n) is 11.7. The van der Waals surface area contributed by atoms with Crippen LogP contribution in [0.25, 0.3) is 0 Å². The average Bonchev–Trinajstić information content (AvgIpc) is 2.55. The van der Waals surface area contributed by atoms with Gasteiger partial charge in [-0.15, -0.1) is 0 Å². The van der Waals surface area contributed by atoms with Gasteiger partial charge in [0.15, 0.2) is 0 Å². The second-order valence-corrected chi connectivity index (χ2v) is 5.31. The van der Waals surface area contributed by atoms with Gasteiger partial charge in [0.2, 0.25) is 0 Å². The van der Waals surface area contributed by atoms with Gasteiger partial charge in [-0.1, -0.05) is 35.9 Å². The minimum absolute atomic E-state index is 0.665. The predicted octanol–water partition coefficient (Wildman–Crippen LogP) is 3.93. The largest absolute Gasteiger partial charge is 0.378 e.